The van der Waals surface area contributed by atoms with E-state index in [-0.39, 0.29) is 0 Å². The third-order valence-corrected chi connectivity index (χ3v) is 4.86. The second-order valence-electron chi connectivity index (χ2n) is 5.82. The number of aryl methyl sites for hydroxylation is 1. The summed E-state index contributed by atoms with van der Waals surface area (Å²) < 4.78 is 0. The summed E-state index contributed by atoms with van der Waals surface area (Å²) in [5.74, 6) is 0. The molecule has 1 aromatic heterocycles. The number of nitrogens with zero attached hydrogens (tertiary/aromatic N) is 1. The van der Waals surface area contributed by atoms with Gasteiger partial charge in [0.1, 0.15) is 0 Å². The molecule has 1 aliphatic carbocycles. The molecular formula is C19H17ClN2. The van der Waals surface area contributed by atoms with Crippen LogP contribution in [0, 0.1) is 6.92 Å². The van der Waals surface area contributed by atoms with Gasteiger partial charge < -0.3 is 5.32 Å². The Morgan fingerprint density at radius 2 is 1.91 bits per heavy atom. The van der Waals surface area contributed by atoms with Crippen molar-refractivity contribution in [3.8, 4) is 0 Å². The van der Waals surface area contributed by atoms with Gasteiger partial charge in [0.25, 0.3) is 0 Å². The molecule has 0 amide bonds. The highest BCUT2D eigenvalue weighted by Crippen LogP contribution is 2.37. The minimum Gasteiger partial charge on any atom is -0.354 e. The molecule has 4 rings (SSSR count). The number of pyridine rings is 1. The Kier molecular flexibility index (Phi) is 3.27. The number of hydrogen-bond donors (Lipinski definition) is 1. The van der Waals surface area contributed by atoms with Gasteiger partial charge in [0, 0.05) is 21.8 Å². The smallest absolute Gasteiger partial charge is 0.0726 e. The summed E-state index contributed by atoms with van der Waals surface area (Å²) >= 11 is 6.26. The minimum atomic E-state index is 0.792. The Labute approximate surface area is 135 Å². The largest absolute Gasteiger partial charge is 0.354 e. The number of rotatable bonds is 2. The molecule has 22 heavy (non-hydrogen) atoms. The maximum atomic E-state index is 6.26. The van der Waals surface area contributed by atoms with E-state index < -0.39 is 0 Å². The molecule has 0 spiro atoms. The maximum Gasteiger partial charge on any atom is 0.0726 e. The Balaban J connectivity index is 1.92. The van der Waals surface area contributed by atoms with Gasteiger partial charge in [0.2, 0.25) is 0 Å². The first-order valence-electron chi connectivity index (χ1n) is 7.66. The maximum absolute atomic E-state index is 6.26. The van der Waals surface area contributed by atoms with Crippen LogP contribution in [0.15, 0.2) is 42.5 Å². The normalized spacial score (nSPS) is 13.4. The first kappa shape index (κ1) is 13.6. The first-order valence-corrected chi connectivity index (χ1v) is 8.04. The fourth-order valence-electron chi connectivity index (χ4n) is 3.23. The highest BCUT2D eigenvalue weighted by molar-refractivity contribution is 6.31. The van der Waals surface area contributed by atoms with Gasteiger partial charge in [-0.1, -0.05) is 35.9 Å². The molecule has 2 nitrogen and oxygen atoms in total. The van der Waals surface area contributed by atoms with Crippen molar-refractivity contribution in [1.82, 2.24) is 4.98 Å². The molecular weight excluding hydrogens is 292 g/mol. The van der Waals surface area contributed by atoms with E-state index >= 15 is 0 Å². The van der Waals surface area contributed by atoms with Crippen LogP contribution in [0.5, 0.6) is 0 Å². The highest BCUT2D eigenvalue weighted by atomic mass is 35.5. The number of benzene rings is 2. The predicted octanol–water partition coefficient (Wildman–Crippen LogP) is 5.43. The van der Waals surface area contributed by atoms with Gasteiger partial charge in [0.15, 0.2) is 0 Å². The topological polar surface area (TPSA) is 24.9 Å². The zero-order chi connectivity index (χ0) is 15.1. The van der Waals surface area contributed by atoms with E-state index in [2.05, 4.69) is 29.6 Å². The summed E-state index contributed by atoms with van der Waals surface area (Å²) in [5, 5.41) is 5.61. The van der Waals surface area contributed by atoms with Crippen molar-refractivity contribution in [3.63, 3.8) is 0 Å². The van der Waals surface area contributed by atoms with Gasteiger partial charge in [-0.15, -0.1) is 0 Å². The van der Waals surface area contributed by atoms with Crippen molar-refractivity contribution >= 4 is 33.9 Å². The van der Waals surface area contributed by atoms with E-state index in [0.717, 1.165) is 34.6 Å². The Hall–Kier alpha value is -2.06. The number of halogens is 1. The van der Waals surface area contributed by atoms with Crippen LogP contribution in [-0.4, -0.2) is 4.98 Å². The van der Waals surface area contributed by atoms with E-state index in [0.29, 0.717) is 0 Å². The molecule has 0 radical (unpaired) electrons. The van der Waals surface area contributed by atoms with Crippen LogP contribution in [-0.2, 0) is 12.8 Å². The lowest BCUT2D eigenvalue weighted by atomic mass is 10.1. The lowest BCUT2D eigenvalue weighted by Gasteiger charge is -2.16. The molecule has 3 aromatic rings. The lowest BCUT2D eigenvalue weighted by Crippen LogP contribution is -2.01. The van der Waals surface area contributed by atoms with E-state index in [1.165, 1.54) is 28.8 Å². The van der Waals surface area contributed by atoms with Crippen LogP contribution in [0.2, 0.25) is 5.02 Å². The van der Waals surface area contributed by atoms with Crippen LogP contribution >= 0.6 is 11.6 Å². The summed E-state index contributed by atoms with van der Waals surface area (Å²) in [4.78, 5) is 4.83. The van der Waals surface area contributed by atoms with E-state index in [4.69, 9.17) is 16.6 Å². The molecule has 0 atom stereocenters. The molecule has 1 N–H and O–H groups in total. The number of hydrogen-bond acceptors (Lipinski definition) is 2. The first-order chi connectivity index (χ1) is 10.7. The molecule has 110 valence electrons. The van der Waals surface area contributed by atoms with Crippen LogP contribution in [0.1, 0.15) is 23.2 Å². The fourth-order valence-corrected chi connectivity index (χ4v) is 3.41. The number of fused-ring (bicyclic) bond motifs is 2. The monoisotopic (exact) mass is 308 g/mol. The summed E-state index contributed by atoms with van der Waals surface area (Å²) in [7, 11) is 0. The van der Waals surface area contributed by atoms with Crippen molar-refractivity contribution in [3.05, 3.63) is 64.3 Å². The Morgan fingerprint density at radius 1 is 1.05 bits per heavy atom. The predicted molar refractivity (Wildman–Crippen MR) is 93.2 cm³/mol. The van der Waals surface area contributed by atoms with Gasteiger partial charge >= 0.3 is 0 Å². The zero-order valence-electron chi connectivity index (χ0n) is 12.5. The van der Waals surface area contributed by atoms with Gasteiger partial charge in [-0.2, -0.15) is 0 Å². The van der Waals surface area contributed by atoms with Crippen LogP contribution in [0.25, 0.3) is 10.9 Å². The zero-order valence-corrected chi connectivity index (χ0v) is 13.2. The van der Waals surface area contributed by atoms with Gasteiger partial charge in [-0.25, -0.2) is 0 Å². The molecule has 0 unspecified atom stereocenters. The third kappa shape index (κ3) is 2.15. The Bertz CT molecular complexity index is 871. The highest BCUT2D eigenvalue weighted by Gasteiger charge is 2.20. The van der Waals surface area contributed by atoms with E-state index in [1.807, 2.05) is 25.1 Å². The summed E-state index contributed by atoms with van der Waals surface area (Å²) in [6.45, 7) is 2.05. The summed E-state index contributed by atoms with van der Waals surface area (Å²) in [6.07, 6.45) is 3.35. The molecule has 1 heterocycles. The number of aromatic nitrogens is 1. The SMILES string of the molecule is Cc1c(Cl)cccc1Nc1c2c(nc3ccccc13)CCC2. The molecule has 0 saturated carbocycles. The lowest BCUT2D eigenvalue weighted by molar-refractivity contribution is 0.901. The van der Waals surface area contributed by atoms with Crippen molar-refractivity contribution in [2.24, 2.45) is 0 Å². The molecule has 2 aromatic carbocycles. The molecule has 0 fully saturated rings. The Morgan fingerprint density at radius 3 is 2.82 bits per heavy atom. The molecule has 3 heteroatoms. The fraction of sp³-hybridized carbons (Fsp3) is 0.211. The van der Waals surface area contributed by atoms with Gasteiger partial charge in [0.05, 0.1) is 11.2 Å². The molecule has 0 saturated heterocycles. The molecule has 0 aliphatic heterocycles. The van der Waals surface area contributed by atoms with Crippen molar-refractivity contribution in [1.29, 1.82) is 0 Å². The van der Waals surface area contributed by atoms with Crippen molar-refractivity contribution in [2.75, 3.05) is 5.32 Å². The van der Waals surface area contributed by atoms with Crippen LogP contribution in [0.3, 0.4) is 0 Å². The van der Waals surface area contributed by atoms with Crippen molar-refractivity contribution in [2.45, 2.75) is 26.2 Å². The minimum absolute atomic E-state index is 0.792. The van der Waals surface area contributed by atoms with Gasteiger partial charge in [-0.05, 0) is 55.5 Å². The number of nitrogens with one attached hydrogen (secondary N) is 1. The van der Waals surface area contributed by atoms with Crippen LogP contribution < -0.4 is 5.32 Å². The number of para-hydroxylation sites is 1. The van der Waals surface area contributed by atoms with E-state index in [9.17, 15) is 0 Å². The second-order valence-corrected chi connectivity index (χ2v) is 6.23. The quantitative estimate of drug-likeness (QED) is 0.683. The second kappa shape index (κ2) is 5.29. The molecule has 0 bridgehead atoms. The van der Waals surface area contributed by atoms with Crippen LogP contribution in [0.4, 0.5) is 11.4 Å². The average Bonchev–Trinajstić information content (AvgIpc) is 2.99. The summed E-state index contributed by atoms with van der Waals surface area (Å²) in [5.41, 5.74) is 7.00. The van der Waals surface area contributed by atoms with Crippen molar-refractivity contribution < 1.29 is 0 Å². The van der Waals surface area contributed by atoms with E-state index in [1.54, 1.807) is 0 Å². The molecule has 1 aliphatic rings. The average molecular weight is 309 g/mol. The van der Waals surface area contributed by atoms with Gasteiger partial charge in [-0.3, -0.25) is 4.98 Å². The third-order valence-electron chi connectivity index (χ3n) is 4.45. The number of anilines is 2. The standard InChI is InChI=1S/C19H17ClN2/c1-12-15(20)8-5-10-16(12)22-19-13-6-2-3-9-17(13)21-18-11-4-7-14(18)19/h2-3,5-6,8-10H,4,7,11H2,1H3,(H,21,22). The summed E-state index contributed by atoms with van der Waals surface area (Å²) in [6, 6.07) is 14.3.